The minimum absolute atomic E-state index is 0.150. The van der Waals surface area contributed by atoms with E-state index >= 15 is 0 Å². The molecule has 4 nitrogen and oxygen atoms in total. The molecule has 0 aliphatic carbocycles. The lowest BCUT2D eigenvalue weighted by atomic mass is 9.92. The van der Waals surface area contributed by atoms with Crippen LogP contribution in [0.4, 0.5) is 24.5 Å². The minimum atomic E-state index is -3.08. The topological polar surface area (TPSA) is 56.5 Å². The van der Waals surface area contributed by atoms with Crippen LogP contribution >= 0.6 is 0 Å². The van der Waals surface area contributed by atoms with Gasteiger partial charge in [0.05, 0.1) is 11.4 Å². The largest absolute Gasteiger partial charge is 0.432 e. The van der Waals surface area contributed by atoms with E-state index in [4.69, 9.17) is 10.5 Å². The number of nitrogens with two attached hydrogens (primary N) is 1. The molecule has 1 fully saturated rings. The van der Waals surface area contributed by atoms with Crippen LogP contribution in [-0.4, -0.2) is 25.4 Å². The molecule has 1 saturated heterocycles. The number of nitrogens with one attached hydrogen (secondary N) is 1. The van der Waals surface area contributed by atoms with E-state index in [0.29, 0.717) is 18.9 Å². The molecule has 1 aliphatic heterocycles. The molecule has 0 aromatic heterocycles. The van der Waals surface area contributed by atoms with E-state index in [1.54, 1.807) is 0 Å². The van der Waals surface area contributed by atoms with E-state index in [2.05, 4.69) is 10.1 Å². The zero-order valence-electron chi connectivity index (χ0n) is 11.1. The molecule has 0 atom stereocenters. The van der Waals surface area contributed by atoms with Crippen molar-refractivity contribution in [2.24, 2.45) is 0 Å². The maximum atomic E-state index is 13.5. The zero-order valence-corrected chi connectivity index (χ0v) is 11.1. The predicted molar refractivity (Wildman–Crippen MR) is 69.5 cm³/mol. The second-order valence-corrected chi connectivity index (χ2v) is 5.05. The van der Waals surface area contributed by atoms with Gasteiger partial charge in [0, 0.05) is 30.9 Å². The highest BCUT2D eigenvalue weighted by molar-refractivity contribution is 5.69. The Morgan fingerprint density at radius 2 is 2.00 bits per heavy atom. The maximum Gasteiger partial charge on any atom is 0.387 e. The van der Waals surface area contributed by atoms with Gasteiger partial charge in [-0.15, -0.1) is 0 Å². The average molecular weight is 290 g/mol. The van der Waals surface area contributed by atoms with Crippen LogP contribution in [0.5, 0.6) is 5.75 Å². The Balaban J connectivity index is 2.22. The summed E-state index contributed by atoms with van der Waals surface area (Å²) in [5, 5.41) is 3.17. The zero-order chi connectivity index (χ0) is 14.8. The van der Waals surface area contributed by atoms with E-state index in [0.717, 1.165) is 25.0 Å². The molecule has 1 heterocycles. The number of rotatable bonds is 4. The maximum absolute atomic E-state index is 13.5. The summed E-state index contributed by atoms with van der Waals surface area (Å²) in [6, 6.07) is 2.14. The summed E-state index contributed by atoms with van der Waals surface area (Å²) >= 11 is 0. The normalized spacial score (nSPS) is 18.1. The molecule has 1 aliphatic rings. The number of hydrogen-bond donors (Lipinski definition) is 2. The third kappa shape index (κ3) is 3.47. The summed E-state index contributed by atoms with van der Waals surface area (Å²) in [5.41, 5.74) is 5.98. The van der Waals surface area contributed by atoms with Gasteiger partial charge in [0.25, 0.3) is 0 Å². The van der Waals surface area contributed by atoms with Crippen molar-refractivity contribution in [3.63, 3.8) is 0 Å². The molecule has 0 unspecified atom stereocenters. The van der Waals surface area contributed by atoms with Crippen molar-refractivity contribution in [1.82, 2.24) is 0 Å². The number of halogens is 3. The van der Waals surface area contributed by atoms with Gasteiger partial charge < -0.3 is 20.5 Å². The first-order chi connectivity index (χ1) is 9.39. The van der Waals surface area contributed by atoms with Gasteiger partial charge in [-0.05, 0) is 19.8 Å². The van der Waals surface area contributed by atoms with Gasteiger partial charge in [0.1, 0.15) is 0 Å². The van der Waals surface area contributed by atoms with Crippen LogP contribution in [0.15, 0.2) is 12.1 Å². The third-order valence-corrected chi connectivity index (χ3v) is 3.35. The van der Waals surface area contributed by atoms with Crippen molar-refractivity contribution in [3.05, 3.63) is 17.9 Å². The molecule has 112 valence electrons. The summed E-state index contributed by atoms with van der Waals surface area (Å²) < 4.78 is 47.3. The summed E-state index contributed by atoms with van der Waals surface area (Å²) in [6.45, 7) is 0.0988. The lowest BCUT2D eigenvalue weighted by Crippen LogP contribution is -2.40. The van der Waals surface area contributed by atoms with Gasteiger partial charge in [-0.25, -0.2) is 4.39 Å². The molecule has 0 radical (unpaired) electrons. The monoisotopic (exact) mass is 290 g/mol. The number of nitrogen functional groups attached to an aromatic ring is 1. The second kappa shape index (κ2) is 5.78. The quantitative estimate of drug-likeness (QED) is 0.837. The van der Waals surface area contributed by atoms with Crippen molar-refractivity contribution in [2.45, 2.75) is 31.9 Å². The van der Waals surface area contributed by atoms with Gasteiger partial charge in [0.15, 0.2) is 11.6 Å². The van der Waals surface area contributed by atoms with E-state index in [1.807, 2.05) is 6.92 Å². The van der Waals surface area contributed by atoms with Crippen molar-refractivity contribution in [3.8, 4) is 5.75 Å². The molecule has 3 N–H and O–H groups in total. The van der Waals surface area contributed by atoms with Gasteiger partial charge >= 0.3 is 6.61 Å². The van der Waals surface area contributed by atoms with Crippen molar-refractivity contribution >= 4 is 11.4 Å². The molecule has 2 rings (SSSR count). The van der Waals surface area contributed by atoms with Crippen LogP contribution in [-0.2, 0) is 4.74 Å². The molecule has 0 bridgehead atoms. The van der Waals surface area contributed by atoms with Gasteiger partial charge in [-0.3, -0.25) is 0 Å². The Bertz CT molecular complexity index is 477. The first kappa shape index (κ1) is 14.8. The van der Waals surface area contributed by atoms with E-state index in [9.17, 15) is 13.2 Å². The Morgan fingerprint density at radius 1 is 1.35 bits per heavy atom. The summed E-state index contributed by atoms with van der Waals surface area (Å²) in [4.78, 5) is 0. The molecule has 0 spiro atoms. The second-order valence-electron chi connectivity index (χ2n) is 5.05. The van der Waals surface area contributed by atoms with Gasteiger partial charge in [0.2, 0.25) is 0 Å². The van der Waals surface area contributed by atoms with Crippen LogP contribution in [0.25, 0.3) is 0 Å². The van der Waals surface area contributed by atoms with Crippen molar-refractivity contribution in [2.75, 3.05) is 24.3 Å². The lowest BCUT2D eigenvalue weighted by Gasteiger charge is -2.35. The van der Waals surface area contributed by atoms with E-state index < -0.39 is 18.2 Å². The highest BCUT2D eigenvalue weighted by Gasteiger charge is 2.28. The fourth-order valence-corrected chi connectivity index (χ4v) is 2.14. The van der Waals surface area contributed by atoms with Crippen molar-refractivity contribution in [1.29, 1.82) is 0 Å². The molecular formula is C13H17F3N2O2. The van der Waals surface area contributed by atoms with Gasteiger partial charge in [-0.1, -0.05) is 0 Å². The number of anilines is 2. The summed E-state index contributed by atoms with van der Waals surface area (Å²) in [5.74, 6) is -1.43. The smallest absolute Gasteiger partial charge is 0.387 e. The lowest BCUT2D eigenvalue weighted by molar-refractivity contribution is -0.0521. The first-order valence-electron chi connectivity index (χ1n) is 6.29. The predicted octanol–water partition coefficient (Wildman–Crippen LogP) is 2.99. The molecule has 20 heavy (non-hydrogen) atoms. The Labute approximate surface area is 115 Å². The Morgan fingerprint density at radius 3 is 2.60 bits per heavy atom. The Kier molecular flexibility index (Phi) is 4.27. The average Bonchev–Trinajstić information content (AvgIpc) is 2.35. The fraction of sp³-hybridized carbons (Fsp3) is 0.538. The molecule has 0 saturated carbocycles. The molecule has 1 aromatic carbocycles. The highest BCUT2D eigenvalue weighted by atomic mass is 19.3. The molecule has 0 amide bonds. The fourth-order valence-electron chi connectivity index (χ4n) is 2.14. The van der Waals surface area contributed by atoms with Crippen LogP contribution in [0.3, 0.4) is 0 Å². The minimum Gasteiger partial charge on any atom is -0.432 e. The van der Waals surface area contributed by atoms with E-state index in [1.165, 1.54) is 0 Å². The number of hydrogen-bond acceptors (Lipinski definition) is 4. The standard InChI is InChI=1S/C13H17F3N2O2/c1-13(2-4-19-5-3-13)18-10-7-11(20-12(15)16)8(14)6-9(10)17/h6-7,12,18H,2-5,17H2,1H3. The summed E-state index contributed by atoms with van der Waals surface area (Å²) in [6.07, 6.45) is 1.49. The highest BCUT2D eigenvalue weighted by Crippen LogP contribution is 2.33. The van der Waals surface area contributed by atoms with Crippen LogP contribution in [0, 0.1) is 5.82 Å². The van der Waals surface area contributed by atoms with Crippen molar-refractivity contribution < 1.29 is 22.6 Å². The van der Waals surface area contributed by atoms with Gasteiger partial charge in [-0.2, -0.15) is 8.78 Å². The number of alkyl halides is 2. The third-order valence-electron chi connectivity index (χ3n) is 3.35. The Hall–Kier alpha value is -1.63. The first-order valence-corrected chi connectivity index (χ1v) is 6.29. The van der Waals surface area contributed by atoms with Crippen LogP contribution < -0.4 is 15.8 Å². The van der Waals surface area contributed by atoms with Crippen LogP contribution in [0.1, 0.15) is 19.8 Å². The van der Waals surface area contributed by atoms with E-state index in [-0.39, 0.29) is 11.2 Å². The number of ether oxygens (including phenoxy) is 2. The number of benzene rings is 1. The SMILES string of the molecule is CC1(Nc2cc(OC(F)F)c(F)cc2N)CCOCC1. The molecule has 7 heteroatoms. The summed E-state index contributed by atoms with van der Waals surface area (Å²) in [7, 11) is 0. The molecular weight excluding hydrogens is 273 g/mol. The molecule has 1 aromatic rings. The van der Waals surface area contributed by atoms with Crippen LogP contribution in [0.2, 0.25) is 0 Å².